The van der Waals surface area contributed by atoms with Gasteiger partial charge in [-0.25, -0.2) is 13.6 Å². The highest BCUT2D eigenvalue weighted by molar-refractivity contribution is 7.89. The van der Waals surface area contributed by atoms with Gasteiger partial charge in [0.2, 0.25) is 15.9 Å². The third-order valence-electron chi connectivity index (χ3n) is 5.96. The first-order valence-electron chi connectivity index (χ1n) is 11.9. The highest BCUT2D eigenvalue weighted by atomic mass is 32.2. The molecule has 198 valence electrons. The van der Waals surface area contributed by atoms with Crippen molar-refractivity contribution in [1.29, 1.82) is 0 Å². The fraction of sp³-hybridized carbons (Fsp3) is 0.296. The average molecular weight is 528 g/mol. The van der Waals surface area contributed by atoms with Crippen LogP contribution in [0.15, 0.2) is 71.6 Å². The second-order valence-corrected chi connectivity index (χ2v) is 10.6. The van der Waals surface area contributed by atoms with Gasteiger partial charge in [0.1, 0.15) is 5.75 Å². The lowest BCUT2D eigenvalue weighted by Crippen LogP contribution is -2.32. The lowest BCUT2D eigenvalue weighted by Gasteiger charge is -2.18. The van der Waals surface area contributed by atoms with Crippen LogP contribution < -0.4 is 15.8 Å². The SMILES string of the molecule is C[C@H](Cc1cccc(CC(=O)NCc2ccc(S(N)(=O)=O)cc2)c1)NC[C@H](O)c1ccc(O)c(CO)c1. The van der Waals surface area contributed by atoms with Gasteiger partial charge < -0.3 is 26.0 Å². The topological polar surface area (TPSA) is 162 Å². The van der Waals surface area contributed by atoms with Crippen molar-refractivity contribution in [3.8, 4) is 5.75 Å². The molecule has 0 aromatic heterocycles. The molecule has 7 N–H and O–H groups in total. The van der Waals surface area contributed by atoms with Gasteiger partial charge in [0.15, 0.2) is 0 Å². The zero-order valence-electron chi connectivity index (χ0n) is 20.6. The van der Waals surface area contributed by atoms with Crippen LogP contribution in [0.4, 0.5) is 0 Å². The van der Waals surface area contributed by atoms with Crippen LogP contribution in [0, 0.1) is 0 Å². The molecule has 3 aromatic rings. The van der Waals surface area contributed by atoms with Crippen LogP contribution in [-0.4, -0.2) is 42.2 Å². The standard InChI is InChI=1S/C27H33N3O6S/c1-18(29-16-26(33)22-7-10-25(32)23(14-22)17-31)11-20-3-2-4-21(12-20)13-27(34)30-15-19-5-8-24(9-6-19)37(28,35)36/h2-10,12,14,18,26,29,31-33H,11,13,15-17H2,1H3,(H,30,34)(H2,28,35,36)/t18-,26+/m1/s1. The van der Waals surface area contributed by atoms with Gasteiger partial charge in [-0.2, -0.15) is 0 Å². The number of aliphatic hydroxyl groups excluding tert-OH is 2. The molecule has 0 spiro atoms. The molecule has 0 unspecified atom stereocenters. The Bertz CT molecular complexity index is 1310. The van der Waals surface area contributed by atoms with E-state index in [-0.39, 0.29) is 42.2 Å². The molecule has 2 atom stereocenters. The number of rotatable bonds is 12. The Morgan fingerprint density at radius 2 is 1.70 bits per heavy atom. The van der Waals surface area contributed by atoms with Gasteiger partial charge in [0.05, 0.1) is 24.0 Å². The van der Waals surface area contributed by atoms with Crippen LogP contribution in [0.2, 0.25) is 0 Å². The molecule has 10 heteroatoms. The van der Waals surface area contributed by atoms with Gasteiger partial charge in [0, 0.05) is 24.7 Å². The number of aromatic hydroxyl groups is 1. The number of nitrogens with two attached hydrogens (primary N) is 1. The number of benzene rings is 3. The molecule has 3 rings (SSSR count). The molecular formula is C27H33N3O6S. The van der Waals surface area contributed by atoms with Gasteiger partial charge in [-0.15, -0.1) is 0 Å². The maximum Gasteiger partial charge on any atom is 0.238 e. The lowest BCUT2D eigenvalue weighted by molar-refractivity contribution is -0.120. The molecular weight excluding hydrogens is 494 g/mol. The summed E-state index contributed by atoms with van der Waals surface area (Å²) in [5.41, 5.74) is 3.65. The van der Waals surface area contributed by atoms with Crippen molar-refractivity contribution in [2.45, 2.75) is 50.0 Å². The fourth-order valence-corrected chi connectivity index (χ4v) is 4.42. The number of phenols is 1. The minimum absolute atomic E-state index is 0.00728. The zero-order valence-corrected chi connectivity index (χ0v) is 21.4. The number of carbonyl (C=O) groups is 1. The molecule has 0 heterocycles. The number of amides is 1. The zero-order chi connectivity index (χ0) is 27.0. The van der Waals surface area contributed by atoms with Crippen LogP contribution in [0.5, 0.6) is 5.75 Å². The van der Waals surface area contributed by atoms with Crippen LogP contribution >= 0.6 is 0 Å². The summed E-state index contributed by atoms with van der Waals surface area (Å²) in [6.07, 6.45) is 0.104. The summed E-state index contributed by atoms with van der Waals surface area (Å²) in [5.74, 6) is -0.162. The molecule has 0 fully saturated rings. The smallest absolute Gasteiger partial charge is 0.238 e. The van der Waals surface area contributed by atoms with E-state index in [1.54, 1.807) is 24.3 Å². The predicted molar refractivity (Wildman–Crippen MR) is 140 cm³/mol. The molecule has 0 aliphatic rings. The minimum atomic E-state index is -3.75. The minimum Gasteiger partial charge on any atom is -0.508 e. The molecule has 1 amide bonds. The van der Waals surface area contributed by atoms with E-state index in [0.717, 1.165) is 16.7 Å². The number of aliphatic hydroxyl groups is 2. The van der Waals surface area contributed by atoms with Gasteiger partial charge in [-0.1, -0.05) is 42.5 Å². The Morgan fingerprint density at radius 3 is 2.38 bits per heavy atom. The summed E-state index contributed by atoms with van der Waals surface area (Å²) in [5, 5.41) is 40.7. The van der Waals surface area contributed by atoms with Crippen molar-refractivity contribution in [2.24, 2.45) is 5.14 Å². The average Bonchev–Trinajstić information content (AvgIpc) is 2.86. The van der Waals surface area contributed by atoms with E-state index in [1.165, 1.54) is 18.2 Å². The van der Waals surface area contributed by atoms with Crippen molar-refractivity contribution >= 4 is 15.9 Å². The molecule has 3 aromatic carbocycles. The van der Waals surface area contributed by atoms with Crippen molar-refractivity contribution in [3.63, 3.8) is 0 Å². The first-order valence-corrected chi connectivity index (χ1v) is 13.4. The van der Waals surface area contributed by atoms with E-state index in [9.17, 15) is 28.5 Å². The Hall–Kier alpha value is -3.28. The number of hydrogen-bond acceptors (Lipinski definition) is 7. The largest absolute Gasteiger partial charge is 0.508 e. The Labute approximate surface area is 217 Å². The molecule has 0 saturated heterocycles. The third kappa shape index (κ3) is 8.66. The Balaban J connectivity index is 1.47. The van der Waals surface area contributed by atoms with Crippen LogP contribution in [0.25, 0.3) is 0 Å². The van der Waals surface area contributed by atoms with Gasteiger partial charge >= 0.3 is 0 Å². The van der Waals surface area contributed by atoms with Crippen molar-refractivity contribution in [1.82, 2.24) is 10.6 Å². The second kappa shape index (κ2) is 12.8. The summed E-state index contributed by atoms with van der Waals surface area (Å²) in [4.78, 5) is 12.4. The summed E-state index contributed by atoms with van der Waals surface area (Å²) >= 11 is 0. The maximum absolute atomic E-state index is 12.4. The van der Waals surface area contributed by atoms with E-state index in [2.05, 4.69) is 10.6 Å². The van der Waals surface area contributed by atoms with Crippen LogP contribution in [0.3, 0.4) is 0 Å². The quantitative estimate of drug-likeness (QED) is 0.209. The highest BCUT2D eigenvalue weighted by Crippen LogP contribution is 2.22. The van der Waals surface area contributed by atoms with Crippen molar-refractivity contribution in [2.75, 3.05) is 6.54 Å². The monoisotopic (exact) mass is 527 g/mol. The van der Waals surface area contributed by atoms with Gasteiger partial charge in [-0.05, 0) is 59.9 Å². The number of sulfonamides is 1. The van der Waals surface area contributed by atoms with E-state index in [0.29, 0.717) is 24.1 Å². The van der Waals surface area contributed by atoms with E-state index in [1.807, 2.05) is 31.2 Å². The Morgan fingerprint density at radius 1 is 1.00 bits per heavy atom. The molecule has 0 radical (unpaired) electrons. The number of hydrogen-bond donors (Lipinski definition) is 6. The molecule has 0 aliphatic heterocycles. The highest BCUT2D eigenvalue weighted by Gasteiger charge is 2.13. The maximum atomic E-state index is 12.4. The molecule has 0 aliphatic carbocycles. The summed E-state index contributed by atoms with van der Waals surface area (Å²) in [6.45, 7) is 2.27. The van der Waals surface area contributed by atoms with Gasteiger partial charge in [0.25, 0.3) is 0 Å². The fourth-order valence-electron chi connectivity index (χ4n) is 3.91. The normalized spacial score (nSPS) is 13.2. The van der Waals surface area contributed by atoms with Crippen LogP contribution in [-0.2, 0) is 40.8 Å². The molecule has 0 bridgehead atoms. The van der Waals surface area contributed by atoms with E-state index >= 15 is 0 Å². The van der Waals surface area contributed by atoms with Crippen molar-refractivity contribution < 1.29 is 28.5 Å². The van der Waals surface area contributed by atoms with Gasteiger partial charge in [-0.3, -0.25) is 4.79 Å². The molecule has 37 heavy (non-hydrogen) atoms. The number of nitrogens with one attached hydrogen (secondary N) is 2. The summed E-state index contributed by atoms with van der Waals surface area (Å²) in [6, 6.07) is 18.5. The molecule has 0 saturated carbocycles. The predicted octanol–water partition coefficient (Wildman–Crippen LogP) is 1.65. The van der Waals surface area contributed by atoms with Crippen LogP contribution in [0.1, 0.15) is 40.8 Å². The Kier molecular flexibility index (Phi) is 9.79. The number of primary sulfonamides is 1. The summed E-state index contributed by atoms with van der Waals surface area (Å²) in [7, 11) is -3.75. The third-order valence-corrected chi connectivity index (χ3v) is 6.89. The lowest BCUT2D eigenvalue weighted by atomic mass is 10.0. The van der Waals surface area contributed by atoms with E-state index in [4.69, 9.17) is 5.14 Å². The summed E-state index contributed by atoms with van der Waals surface area (Å²) < 4.78 is 22.7. The second-order valence-electron chi connectivity index (χ2n) is 9.04. The first-order chi connectivity index (χ1) is 17.5. The van der Waals surface area contributed by atoms with E-state index < -0.39 is 16.1 Å². The first kappa shape index (κ1) is 28.3. The van der Waals surface area contributed by atoms with Crippen molar-refractivity contribution in [3.05, 3.63) is 94.5 Å². The number of carbonyl (C=O) groups excluding carboxylic acids is 1. The molecule has 9 nitrogen and oxygen atoms in total.